The molecule has 1 saturated heterocycles. The van der Waals surface area contributed by atoms with Crippen molar-refractivity contribution in [1.29, 1.82) is 0 Å². The van der Waals surface area contributed by atoms with Gasteiger partial charge < -0.3 is 11.1 Å². The van der Waals surface area contributed by atoms with Gasteiger partial charge in [0, 0.05) is 31.6 Å². The van der Waals surface area contributed by atoms with Crippen molar-refractivity contribution in [1.82, 2.24) is 10.2 Å². The molecule has 1 amide bonds. The number of hydrogen-bond acceptors (Lipinski definition) is 3. The van der Waals surface area contributed by atoms with Gasteiger partial charge in [-0.05, 0) is 30.0 Å². The van der Waals surface area contributed by atoms with Crippen LogP contribution in [0.25, 0.3) is 0 Å². The van der Waals surface area contributed by atoms with E-state index in [1.54, 1.807) is 0 Å². The standard InChI is InChI=1S/C21H27N3O.ClH/c1-16-7-5-6-8-17(16)11-12-23-21(25)15-24-13-19(20(22)14-24)18-9-3-2-4-10-18;/h2-10,19-20H,11-15,22H2,1H3,(H,23,25);1H/t19-,20+;/m0./s1. The van der Waals surface area contributed by atoms with Gasteiger partial charge in [0.15, 0.2) is 0 Å². The summed E-state index contributed by atoms with van der Waals surface area (Å²) in [5, 5.41) is 3.03. The largest absolute Gasteiger partial charge is 0.355 e. The van der Waals surface area contributed by atoms with Crippen LogP contribution in [0.5, 0.6) is 0 Å². The molecule has 0 radical (unpaired) electrons. The molecule has 1 fully saturated rings. The Bertz CT molecular complexity index is 707. The minimum atomic E-state index is 0. The summed E-state index contributed by atoms with van der Waals surface area (Å²) in [4.78, 5) is 14.4. The fraction of sp³-hybridized carbons (Fsp3) is 0.381. The molecule has 1 aliphatic heterocycles. The molecule has 2 atom stereocenters. The number of rotatable bonds is 6. The third-order valence-corrected chi connectivity index (χ3v) is 5.01. The summed E-state index contributed by atoms with van der Waals surface area (Å²) in [6, 6.07) is 18.7. The molecule has 0 saturated carbocycles. The number of hydrogen-bond donors (Lipinski definition) is 2. The monoisotopic (exact) mass is 373 g/mol. The predicted octanol–water partition coefficient (Wildman–Crippen LogP) is 2.50. The number of carbonyl (C=O) groups excluding carboxylic acids is 1. The lowest BCUT2D eigenvalue weighted by atomic mass is 9.95. The lowest BCUT2D eigenvalue weighted by molar-refractivity contribution is -0.122. The number of nitrogens with two attached hydrogens (primary N) is 1. The molecular formula is C21H28ClN3O. The number of halogens is 1. The molecular weight excluding hydrogens is 346 g/mol. The number of likely N-dealkylation sites (tertiary alicyclic amines) is 1. The zero-order valence-electron chi connectivity index (χ0n) is 15.2. The molecule has 0 unspecified atom stereocenters. The predicted molar refractivity (Wildman–Crippen MR) is 109 cm³/mol. The van der Waals surface area contributed by atoms with Gasteiger partial charge in [0.25, 0.3) is 0 Å². The van der Waals surface area contributed by atoms with E-state index in [4.69, 9.17) is 5.73 Å². The van der Waals surface area contributed by atoms with Gasteiger partial charge in [-0.2, -0.15) is 0 Å². The Balaban J connectivity index is 0.00000243. The van der Waals surface area contributed by atoms with Crippen LogP contribution in [0, 0.1) is 6.92 Å². The van der Waals surface area contributed by atoms with Crippen LogP contribution < -0.4 is 11.1 Å². The minimum Gasteiger partial charge on any atom is -0.355 e. The van der Waals surface area contributed by atoms with Crippen molar-refractivity contribution in [2.45, 2.75) is 25.3 Å². The second kappa shape index (κ2) is 9.72. The van der Waals surface area contributed by atoms with Gasteiger partial charge >= 0.3 is 0 Å². The van der Waals surface area contributed by atoms with Crippen molar-refractivity contribution in [3.63, 3.8) is 0 Å². The maximum atomic E-state index is 12.2. The molecule has 2 aromatic carbocycles. The lowest BCUT2D eigenvalue weighted by Gasteiger charge is -2.16. The average molecular weight is 374 g/mol. The van der Waals surface area contributed by atoms with Gasteiger partial charge in [0.05, 0.1) is 6.54 Å². The Hall–Kier alpha value is -1.88. The first-order valence-corrected chi connectivity index (χ1v) is 8.97. The van der Waals surface area contributed by atoms with Crippen molar-refractivity contribution < 1.29 is 4.79 Å². The smallest absolute Gasteiger partial charge is 0.234 e. The van der Waals surface area contributed by atoms with E-state index < -0.39 is 0 Å². The highest BCUT2D eigenvalue weighted by atomic mass is 35.5. The summed E-state index contributed by atoms with van der Waals surface area (Å²) < 4.78 is 0. The first kappa shape index (κ1) is 20.4. The zero-order chi connectivity index (χ0) is 17.6. The van der Waals surface area contributed by atoms with Gasteiger partial charge in [-0.1, -0.05) is 54.6 Å². The highest BCUT2D eigenvalue weighted by Crippen LogP contribution is 2.25. The maximum Gasteiger partial charge on any atom is 0.234 e. The number of amides is 1. The van der Waals surface area contributed by atoms with Gasteiger partial charge in [0.2, 0.25) is 5.91 Å². The molecule has 4 nitrogen and oxygen atoms in total. The molecule has 0 aromatic heterocycles. The van der Waals surface area contributed by atoms with E-state index in [1.807, 2.05) is 30.3 Å². The van der Waals surface area contributed by atoms with E-state index in [-0.39, 0.29) is 24.4 Å². The molecule has 3 rings (SSSR count). The van der Waals surface area contributed by atoms with Gasteiger partial charge in [-0.25, -0.2) is 0 Å². The first-order valence-electron chi connectivity index (χ1n) is 8.97. The number of nitrogens with one attached hydrogen (secondary N) is 1. The number of aryl methyl sites for hydroxylation is 1. The minimum absolute atomic E-state index is 0. The maximum absolute atomic E-state index is 12.2. The lowest BCUT2D eigenvalue weighted by Crippen LogP contribution is -2.38. The topological polar surface area (TPSA) is 58.4 Å². The van der Waals surface area contributed by atoms with Crippen LogP contribution >= 0.6 is 12.4 Å². The molecule has 26 heavy (non-hydrogen) atoms. The third kappa shape index (κ3) is 5.31. The summed E-state index contributed by atoms with van der Waals surface area (Å²) in [5.74, 6) is 0.385. The highest BCUT2D eigenvalue weighted by Gasteiger charge is 2.31. The van der Waals surface area contributed by atoms with Crippen molar-refractivity contribution in [2.75, 3.05) is 26.2 Å². The SMILES string of the molecule is Cc1ccccc1CCNC(=O)CN1C[C@@H](N)[C@H](c2ccccc2)C1.Cl. The summed E-state index contributed by atoms with van der Waals surface area (Å²) >= 11 is 0. The van der Waals surface area contributed by atoms with Crippen LogP contribution in [0.3, 0.4) is 0 Å². The summed E-state index contributed by atoms with van der Waals surface area (Å²) in [6.07, 6.45) is 0.866. The average Bonchev–Trinajstić information content (AvgIpc) is 2.97. The van der Waals surface area contributed by atoms with E-state index in [2.05, 4.69) is 41.4 Å². The number of nitrogens with zero attached hydrogens (tertiary/aromatic N) is 1. The molecule has 0 bridgehead atoms. The quantitative estimate of drug-likeness (QED) is 0.817. The van der Waals surface area contributed by atoms with E-state index in [1.165, 1.54) is 16.7 Å². The number of carbonyl (C=O) groups is 1. The summed E-state index contributed by atoms with van der Waals surface area (Å²) in [7, 11) is 0. The van der Waals surface area contributed by atoms with Gasteiger partial charge in [0.1, 0.15) is 0 Å². The van der Waals surface area contributed by atoms with Crippen LogP contribution in [-0.4, -0.2) is 43.0 Å². The summed E-state index contributed by atoms with van der Waals surface area (Å²) in [5.41, 5.74) is 10.1. The fourth-order valence-corrected chi connectivity index (χ4v) is 3.58. The molecule has 140 valence electrons. The van der Waals surface area contributed by atoms with Crippen molar-refractivity contribution in [2.24, 2.45) is 5.73 Å². The Morgan fingerprint density at radius 2 is 1.81 bits per heavy atom. The molecule has 2 aromatic rings. The van der Waals surface area contributed by atoms with Crippen LogP contribution in [0.4, 0.5) is 0 Å². The molecule has 1 heterocycles. The van der Waals surface area contributed by atoms with Gasteiger partial charge in [-0.15, -0.1) is 12.4 Å². The molecule has 5 heteroatoms. The van der Waals surface area contributed by atoms with Crippen LogP contribution in [0.1, 0.15) is 22.6 Å². The first-order chi connectivity index (χ1) is 12.1. The van der Waals surface area contributed by atoms with E-state index >= 15 is 0 Å². The third-order valence-electron chi connectivity index (χ3n) is 5.01. The van der Waals surface area contributed by atoms with E-state index in [9.17, 15) is 4.79 Å². The van der Waals surface area contributed by atoms with Crippen LogP contribution in [0.2, 0.25) is 0 Å². The Kier molecular flexibility index (Phi) is 7.64. The van der Waals surface area contributed by atoms with Crippen molar-refractivity contribution >= 4 is 18.3 Å². The Labute approximate surface area is 162 Å². The Morgan fingerprint density at radius 1 is 1.12 bits per heavy atom. The van der Waals surface area contributed by atoms with Crippen molar-refractivity contribution in [3.8, 4) is 0 Å². The molecule has 1 aliphatic rings. The normalized spacial score (nSPS) is 19.8. The second-order valence-electron chi connectivity index (χ2n) is 6.90. The molecule has 0 spiro atoms. The highest BCUT2D eigenvalue weighted by molar-refractivity contribution is 5.85. The van der Waals surface area contributed by atoms with E-state index in [0.29, 0.717) is 19.0 Å². The molecule has 3 N–H and O–H groups in total. The Morgan fingerprint density at radius 3 is 2.54 bits per heavy atom. The van der Waals surface area contributed by atoms with Crippen LogP contribution in [0.15, 0.2) is 54.6 Å². The van der Waals surface area contributed by atoms with Crippen molar-refractivity contribution in [3.05, 3.63) is 71.3 Å². The van der Waals surface area contributed by atoms with E-state index in [0.717, 1.165) is 19.5 Å². The number of benzene rings is 2. The fourth-order valence-electron chi connectivity index (χ4n) is 3.58. The summed E-state index contributed by atoms with van der Waals surface area (Å²) in [6.45, 7) is 4.81. The second-order valence-corrected chi connectivity index (χ2v) is 6.90. The zero-order valence-corrected chi connectivity index (χ0v) is 16.0. The van der Waals surface area contributed by atoms with Gasteiger partial charge in [-0.3, -0.25) is 9.69 Å². The van der Waals surface area contributed by atoms with Crippen LogP contribution in [-0.2, 0) is 11.2 Å². The molecule has 0 aliphatic carbocycles.